The third-order valence-corrected chi connectivity index (χ3v) is 8.56. The minimum atomic E-state index is -1.06. The predicted octanol–water partition coefficient (Wildman–Crippen LogP) is -1.03. The monoisotopic (exact) mass is 848 g/mol. The van der Waals surface area contributed by atoms with Crippen molar-refractivity contribution < 1.29 is 62.4 Å². The summed E-state index contributed by atoms with van der Waals surface area (Å²) in [6.07, 6.45) is 3.93. The van der Waals surface area contributed by atoms with Crippen LogP contribution in [0.1, 0.15) is 58.4 Å². The average Bonchev–Trinajstić information content (AvgIpc) is 3.53. The molecule has 0 bridgehead atoms. The maximum atomic E-state index is 13.4. The van der Waals surface area contributed by atoms with Crippen LogP contribution in [-0.2, 0) is 54.4 Å². The highest BCUT2D eigenvalue weighted by molar-refractivity contribution is 6.13. The SMILES string of the molecule is CC(=O)N[C@H](C(=O)N[C@@H](CCCNC(N)=O)C(=O)Nc1ccc(CO)c(OCC(=O)NCCCOCCOCCOCCCNC(=O)CCN2C(=O)C=CC2=O)c1)C(C)C. The molecule has 334 valence electrons. The first-order valence-corrected chi connectivity index (χ1v) is 19.8. The van der Waals surface area contributed by atoms with Gasteiger partial charge in [-0.2, -0.15) is 0 Å². The van der Waals surface area contributed by atoms with Crippen molar-refractivity contribution in [1.29, 1.82) is 0 Å². The van der Waals surface area contributed by atoms with Gasteiger partial charge in [-0.1, -0.05) is 19.9 Å². The summed E-state index contributed by atoms with van der Waals surface area (Å²) < 4.78 is 22.1. The van der Waals surface area contributed by atoms with E-state index in [1.165, 1.54) is 37.3 Å². The van der Waals surface area contributed by atoms with Crippen LogP contribution < -0.4 is 42.4 Å². The zero-order chi connectivity index (χ0) is 44.3. The lowest BCUT2D eigenvalue weighted by molar-refractivity contribution is -0.137. The third kappa shape index (κ3) is 20.9. The highest BCUT2D eigenvalue weighted by Crippen LogP contribution is 2.24. The summed E-state index contributed by atoms with van der Waals surface area (Å²) in [5, 5.41) is 25.7. The van der Waals surface area contributed by atoms with Crippen molar-refractivity contribution in [3.8, 4) is 5.75 Å². The van der Waals surface area contributed by atoms with Crippen molar-refractivity contribution in [2.75, 3.05) is 77.7 Å². The Bertz CT molecular complexity index is 1610. The number of anilines is 1. The van der Waals surface area contributed by atoms with Gasteiger partial charge in [0.2, 0.25) is 23.6 Å². The van der Waals surface area contributed by atoms with Gasteiger partial charge in [0.1, 0.15) is 17.8 Å². The fourth-order valence-corrected chi connectivity index (χ4v) is 5.42. The molecule has 0 spiro atoms. The first kappa shape index (κ1) is 50.5. The van der Waals surface area contributed by atoms with E-state index in [1.54, 1.807) is 13.8 Å². The van der Waals surface area contributed by atoms with E-state index in [0.717, 1.165) is 4.90 Å². The van der Waals surface area contributed by atoms with E-state index < -0.39 is 60.2 Å². The summed E-state index contributed by atoms with van der Waals surface area (Å²) in [7, 11) is 0. The number of benzene rings is 1. The van der Waals surface area contributed by atoms with E-state index in [4.69, 9.17) is 24.7 Å². The number of carbonyl (C=O) groups excluding carboxylic acids is 8. The number of primary amides is 1. The fraction of sp³-hybridized carbons (Fsp3) is 0.590. The molecule has 0 unspecified atom stereocenters. The van der Waals surface area contributed by atoms with Gasteiger partial charge in [0.15, 0.2) is 6.61 Å². The van der Waals surface area contributed by atoms with E-state index in [1.807, 2.05) is 0 Å². The molecule has 60 heavy (non-hydrogen) atoms. The van der Waals surface area contributed by atoms with Crippen LogP contribution in [0.3, 0.4) is 0 Å². The minimum Gasteiger partial charge on any atom is -0.483 e. The number of hydrogen-bond donors (Lipinski definition) is 8. The van der Waals surface area contributed by atoms with Gasteiger partial charge in [-0.25, -0.2) is 4.79 Å². The number of aliphatic hydroxyl groups is 1. The molecular formula is C39H60N8O13. The molecule has 0 fully saturated rings. The highest BCUT2D eigenvalue weighted by Gasteiger charge is 2.28. The molecule has 2 atom stereocenters. The number of hydrogen-bond acceptors (Lipinski definition) is 13. The molecule has 1 aromatic carbocycles. The summed E-state index contributed by atoms with van der Waals surface area (Å²) in [4.78, 5) is 97.6. The quantitative estimate of drug-likeness (QED) is 0.0328. The molecule has 9 amide bonds. The van der Waals surface area contributed by atoms with E-state index in [2.05, 4.69) is 31.9 Å². The van der Waals surface area contributed by atoms with Crippen LogP contribution in [0.5, 0.6) is 5.75 Å². The lowest BCUT2D eigenvalue weighted by Gasteiger charge is -2.25. The Labute approximate surface area is 349 Å². The van der Waals surface area contributed by atoms with Gasteiger partial charge in [0.25, 0.3) is 17.7 Å². The summed E-state index contributed by atoms with van der Waals surface area (Å²) in [6.45, 7) is 7.15. The van der Waals surface area contributed by atoms with Gasteiger partial charge in [0.05, 0.1) is 33.0 Å². The maximum Gasteiger partial charge on any atom is 0.312 e. The van der Waals surface area contributed by atoms with Crippen LogP contribution in [0.2, 0.25) is 0 Å². The Morgan fingerprint density at radius 2 is 1.35 bits per heavy atom. The van der Waals surface area contributed by atoms with E-state index in [-0.39, 0.29) is 55.8 Å². The number of nitrogens with zero attached hydrogens (tertiary/aromatic N) is 1. The normalized spacial score (nSPS) is 13.1. The minimum absolute atomic E-state index is 0.0363. The van der Waals surface area contributed by atoms with Crippen LogP contribution in [0.15, 0.2) is 30.4 Å². The number of nitrogens with one attached hydrogen (secondary N) is 6. The Hall–Kier alpha value is -5.64. The largest absolute Gasteiger partial charge is 0.483 e. The molecular weight excluding hydrogens is 788 g/mol. The molecule has 0 saturated heterocycles. The molecule has 0 radical (unpaired) electrons. The van der Waals surface area contributed by atoms with Gasteiger partial charge in [-0.05, 0) is 37.7 Å². The molecule has 0 saturated carbocycles. The molecule has 0 aliphatic carbocycles. The van der Waals surface area contributed by atoms with Crippen LogP contribution in [0.4, 0.5) is 10.5 Å². The highest BCUT2D eigenvalue weighted by atomic mass is 16.5. The van der Waals surface area contributed by atoms with E-state index >= 15 is 0 Å². The Morgan fingerprint density at radius 3 is 1.92 bits per heavy atom. The molecule has 21 nitrogen and oxygen atoms in total. The molecule has 21 heteroatoms. The van der Waals surface area contributed by atoms with Gasteiger partial charge in [-0.3, -0.25) is 38.5 Å². The van der Waals surface area contributed by atoms with Gasteiger partial charge >= 0.3 is 6.03 Å². The second-order valence-corrected chi connectivity index (χ2v) is 13.8. The zero-order valence-corrected chi connectivity index (χ0v) is 34.5. The standard InChI is InChI=1S/C39H60N8O13/c1-26(2)36(44-27(3)49)38(55)46-30(7-4-13-43-39(40)56)37(54)45-29-9-8-28(24-48)31(23-29)60-25-33(51)42-15-6-18-58-20-22-59-21-19-57-17-5-14-41-32(50)12-16-47-34(52)10-11-35(47)53/h8-11,23,26,30,36,48H,4-7,12-22,24-25H2,1-3H3,(H,41,50)(H,42,51)(H,44,49)(H,45,54)(H,46,55)(H3,40,43,56)/t30-,36-/m0/s1. The van der Waals surface area contributed by atoms with Crippen LogP contribution in [0.25, 0.3) is 0 Å². The fourth-order valence-electron chi connectivity index (χ4n) is 5.42. The topological polar surface area (TPSA) is 295 Å². The molecule has 0 aromatic heterocycles. The van der Waals surface area contributed by atoms with Crippen LogP contribution in [-0.4, -0.2) is 142 Å². The predicted molar refractivity (Wildman–Crippen MR) is 216 cm³/mol. The second-order valence-electron chi connectivity index (χ2n) is 13.8. The zero-order valence-electron chi connectivity index (χ0n) is 34.5. The number of nitrogens with two attached hydrogens (primary N) is 1. The van der Waals surface area contributed by atoms with Gasteiger partial charge in [0, 0.05) is 82.2 Å². The van der Waals surface area contributed by atoms with Crippen LogP contribution >= 0.6 is 0 Å². The first-order chi connectivity index (χ1) is 28.7. The van der Waals surface area contributed by atoms with Crippen molar-refractivity contribution in [3.63, 3.8) is 0 Å². The average molecular weight is 849 g/mol. The lowest BCUT2D eigenvalue weighted by atomic mass is 10.0. The summed E-state index contributed by atoms with van der Waals surface area (Å²) >= 11 is 0. The number of carbonyl (C=O) groups is 8. The molecule has 1 heterocycles. The Morgan fingerprint density at radius 1 is 0.767 bits per heavy atom. The van der Waals surface area contributed by atoms with E-state index in [9.17, 15) is 43.5 Å². The Balaban J connectivity index is 1.63. The Kier molecular flexibility index (Phi) is 24.2. The second kappa shape index (κ2) is 28.7. The third-order valence-electron chi connectivity index (χ3n) is 8.56. The number of amides is 9. The van der Waals surface area contributed by atoms with Crippen molar-refractivity contribution >= 4 is 53.1 Å². The molecule has 9 N–H and O–H groups in total. The van der Waals surface area contributed by atoms with Crippen molar-refractivity contribution in [1.82, 2.24) is 31.5 Å². The molecule has 1 aliphatic rings. The summed E-state index contributed by atoms with van der Waals surface area (Å²) in [5.74, 6) is -3.19. The van der Waals surface area contributed by atoms with Crippen molar-refractivity contribution in [3.05, 3.63) is 35.9 Å². The number of urea groups is 1. The molecule has 1 aromatic rings. The van der Waals surface area contributed by atoms with Gasteiger partial charge < -0.3 is 61.7 Å². The number of imide groups is 1. The number of ether oxygens (including phenoxy) is 4. The summed E-state index contributed by atoms with van der Waals surface area (Å²) in [5.41, 5.74) is 5.76. The van der Waals surface area contributed by atoms with Crippen molar-refractivity contribution in [2.24, 2.45) is 11.7 Å². The summed E-state index contributed by atoms with van der Waals surface area (Å²) in [6, 6.07) is 1.81. The van der Waals surface area contributed by atoms with Crippen LogP contribution in [0, 0.1) is 5.92 Å². The van der Waals surface area contributed by atoms with E-state index in [0.29, 0.717) is 77.6 Å². The van der Waals surface area contributed by atoms with Crippen molar-refractivity contribution in [2.45, 2.75) is 71.6 Å². The smallest absolute Gasteiger partial charge is 0.312 e. The number of rotatable bonds is 31. The number of aliphatic hydroxyl groups excluding tert-OH is 1. The molecule has 2 rings (SSSR count). The maximum absolute atomic E-state index is 13.4. The first-order valence-electron chi connectivity index (χ1n) is 19.8. The molecule has 1 aliphatic heterocycles. The van der Waals surface area contributed by atoms with Gasteiger partial charge in [-0.15, -0.1) is 0 Å². The lowest BCUT2D eigenvalue weighted by Crippen LogP contribution is -2.54.